The number of halogens is 2. The number of amides is 2. The molecule has 10 nitrogen and oxygen atoms in total. The first-order valence-corrected chi connectivity index (χ1v) is 10.9. The van der Waals surface area contributed by atoms with Gasteiger partial charge in [-0.2, -0.15) is 5.26 Å². The summed E-state index contributed by atoms with van der Waals surface area (Å²) < 4.78 is 31.5. The second kappa shape index (κ2) is 9.26. The number of alkyl halides is 2. The number of benzene rings is 1. The maximum absolute atomic E-state index is 13.4. The van der Waals surface area contributed by atoms with Gasteiger partial charge in [0.15, 0.2) is 0 Å². The zero-order valence-corrected chi connectivity index (χ0v) is 18.5. The number of hydrogen-bond acceptors (Lipinski definition) is 7. The number of nitrogens with one attached hydrogen (secondary N) is 3. The number of H-pyrrole nitrogens is 1. The fraction of sp³-hybridized carbons (Fsp3) is 0.455. The molecule has 0 spiro atoms. The van der Waals surface area contributed by atoms with Crippen molar-refractivity contribution in [2.24, 2.45) is 5.73 Å². The predicted molar refractivity (Wildman–Crippen MR) is 119 cm³/mol. The molecule has 2 bridgehead atoms. The Morgan fingerprint density at radius 3 is 2.74 bits per heavy atom. The number of aromatic amines is 1. The van der Waals surface area contributed by atoms with Crippen LogP contribution < -0.4 is 16.4 Å². The molecule has 1 fully saturated rings. The summed E-state index contributed by atoms with van der Waals surface area (Å²) in [6.07, 6.45) is 1.59. The monoisotopic (exact) mass is 473 g/mol. The topological polar surface area (TPSA) is 149 Å². The van der Waals surface area contributed by atoms with Crippen LogP contribution in [0.5, 0.6) is 0 Å². The molecule has 4 rings (SSSR count). The number of anilines is 2. The van der Waals surface area contributed by atoms with E-state index in [0.717, 1.165) is 4.90 Å². The highest BCUT2D eigenvalue weighted by molar-refractivity contribution is 5.91. The van der Waals surface area contributed by atoms with Gasteiger partial charge in [-0.25, -0.2) is 18.6 Å². The van der Waals surface area contributed by atoms with Crippen LogP contribution in [0.25, 0.3) is 11.3 Å². The van der Waals surface area contributed by atoms with Crippen molar-refractivity contribution in [3.63, 3.8) is 0 Å². The molecule has 0 radical (unpaired) electrons. The lowest BCUT2D eigenvalue weighted by Crippen LogP contribution is -2.61. The van der Waals surface area contributed by atoms with Crippen LogP contribution in [0.1, 0.15) is 43.2 Å². The number of nitrogens with zero attached hydrogens (tertiary/aromatic N) is 3. The zero-order chi connectivity index (χ0) is 24.5. The van der Waals surface area contributed by atoms with Crippen molar-refractivity contribution in [1.82, 2.24) is 14.9 Å². The molecule has 2 atom stereocenters. The summed E-state index contributed by atoms with van der Waals surface area (Å²) in [6, 6.07) is 5.69. The minimum Gasteiger partial charge on any atom is -0.453 e. The Morgan fingerprint density at radius 1 is 1.32 bits per heavy atom. The van der Waals surface area contributed by atoms with Gasteiger partial charge in [0.1, 0.15) is 29.3 Å². The smallest absolute Gasteiger partial charge is 0.411 e. The van der Waals surface area contributed by atoms with E-state index in [9.17, 15) is 23.6 Å². The second-order valence-corrected chi connectivity index (χ2v) is 8.47. The molecule has 3 heterocycles. The van der Waals surface area contributed by atoms with Gasteiger partial charge in [-0.3, -0.25) is 10.1 Å². The van der Waals surface area contributed by atoms with E-state index in [0.29, 0.717) is 54.1 Å². The van der Waals surface area contributed by atoms with Crippen molar-refractivity contribution < 1.29 is 23.1 Å². The summed E-state index contributed by atoms with van der Waals surface area (Å²) in [5.74, 6) is -2.84. The Morgan fingerprint density at radius 2 is 2.06 bits per heavy atom. The number of fused-ring (bicyclic) bond motifs is 4. The molecule has 0 unspecified atom stereocenters. The molecule has 1 aromatic carbocycles. The minimum absolute atomic E-state index is 0.201. The molecule has 2 aromatic rings. The van der Waals surface area contributed by atoms with E-state index in [1.165, 1.54) is 7.11 Å². The van der Waals surface area contributed by atoms with Gasteiger partial charge in [0.05, 0.1) is 26.2 Å². The van der Waals surface area contributed by atoms with Crippen molar-refractivity contribution in [3.05, 3.63) is 29.7 Å². The van der Waals surface area contributed by atoms with E-state index in [2.05, 4.69) is 31.4 Å². The predicted octanol–water partition coefficient (Wildman–Crippen LogP) is 2.96. The van der Waals surface area contributed by atoms with Gasteiger partial charge in [-0.1, -0.05) is 12.8 Å². The quantitative estimate of drug-likeness (QED) is 0.524. The number of aromatic nitrogens is 2. The number of likely N-dealkylation sites (tertiary alicyclic amines) is 1. The van der Waals surface area contributed by atoms with Gasteiger partial charge in [0.25, 0.3) is 5.92 Å². The van der Waals surface area contributed by atoms with Crippen molar-refractivity contribution in [2.75, 3.05) is 30.8 Å². The lowest BCUT2D eigenvalue weighted by molar-refractivity contribution is -0.166. The van der Waals surface area contributed by atoms with E-state index < -0.39 is 43.1 Å². The number of hydrogen-bond donors (Lipinski definition) is 4. The van der Waals surface area contributed by atoms with Gasteiger partial charge < -0.3 is 25.7 Å². The van der Waals surface area contributed by atoms with E-state index in [1.54, 1.807) is 18.2 Å². The first-order chi connectivity index (χ1) is 16.2. The van der Waals surface area contributed by atoms with Crippen LogP contribution in [0.3, 0.4) is 0 Å². The summed E-state index contributed by atoms with van der Waals surface area (Å²) in [7, 11) is 1.23. The Hall–Kier alpha value is -3.72. The molecular weight excluding hydrogens is 448 g/mol. The van der Waals surface area contributed by atoms with Crippen LogP contribution >= 0.6 is 0 Å². The van der Waals surface area contributed by atoms with Crippen molar-refractivity contribution in [2.45, 2.75) is 43.7 Å². The molecule has 2 aliphatic rings. The Labute approximate surface area is 194 Å². The molecule has 0 aliphatic carbocycles. The average molecular weight is 473 g/mol. The molecule has 5 N–H and O–H groups in total. The first-order valence-electron chi connectivity index (χ1n) is 10.9. The summed E-state index contributed by atoms with van der Waals surface area (Å²) in [6.45, 7) is -1.24. The number of carbonyl (C=O) groups is 2. The van der Waals surface area contributed by atoms with Crippen LogP contribution in [0, 0.1) is 11.3 Å². The van der Waals surface area contributed by atoms with E-state index in [4.69, 9.17) is 5.73 Å². The molecule has 2 amide bonds. The molecule has 1 aromatic heterocycles. The van der Waals surface area contributed by atoms with Crippen LogP contribution in [0.4, 0.5) is 25.0 Å². The maximum atomic E-state index is 13.4. The van der Waals surface area contributed by atoms with Crippen molar-refractivity contribution in [3.8, 4) is 17.3 Å². The van der Waals surface area contributed by atoms with Crippen molar-refractivity contribution in [1.29, 1.82) is 5.26 Å². The Bertz CT molecular complexity index is 1140. The molecular formula is C22H25F2N7O3. The fourth-order valence-electron chi connectivity index (χ4n) is 4.14. The SMILES string of the molecule is COC(=O)Nc1ccc2c(c1)N[C@@H](C(=O)N1CC(F)(F)C1)CCCC[C@H](N)c1nc-2c(C#N)[nH]1. The highest BCUT2D eigenvalue weighted by atomic mass is 19.3. The number of carbonyl (C=O) groups excluding carboxylic acids is 2. The van der Waals surface area contributed by atoms with E-state index in [-0.39, 0.29) is 5.69 Å². The third-order valence-electron chi connectivity index (χ3n) is 5.93. The standard InChI is InChI=1S/C22H25F2N7O3/c1-34-21(33)27-12-6-7-13-16(8-12)28-15(20(32)31-10-22(23,24)11-31)5-3-2-4-14(26)19-29-17(9-25)18(13)30-19/h6-8,14-15,28H,2-5,10-11,26H2,1H3,(H,27,33)(H,29,30)/t14-,15+/m0/s1. The zero-order valence-electron chi connectivity index (χ0n) is 18.5. The Balaban J connectivity index is 1.76. The van der Waals surface area contributed by atoms with Gasteiger partial charge in [-0.05, 0) is 31.0 Å². The number of imidazole rings is 1. The molecule has 12 heteroatoms. The molecule has 180 valence electrons. The van der Waals surface area contributed by atoms with Crippen LogP contribution in [0.15, 0.2) is 18.2 Å². The molecule has 1 saturated heterocycles. The third-order valence-corrected chi connectivity index (χ3v) is 5.93. The Kier molecular flexibility index (Phi) is 6.39. The normalized spacial score (nSPS) is 21.4. The number of ether oxygens (including phenoxy) is 1. The van der Waals surface area contributed by atoms with Gasteiger partial charge >= 0.3 is 6.09 Å². The average Bonchev–Trinajstić information content (AvgIpc) is 3.22. The molecule has 34 heavy (non-hydrogen) atoms. The van der Waals surface area contributed by atoms with Crippen molar-refractivity contribution >= 4 is 23.4 Å². The summed E-state index contributed by atoms with van der Waals surface area (Å²) in [4.78, 5) is 33.4. The summed E-state index contributed by atoms with van der Waals surface area (Å²) >= 11 is 0. The number of rotatable bonds is 2. The number of nitrogens with two attached hydrogens (primary N) is 1. The van der Waals surface area contributed by atoms with Crippen LogP contribution in [0.2, 0.25) is 0 Å². The summed E-state index contributed by atoms with van der Waals surface area (Å²) in [5.41, 5.74) is 8.07. The maximum Gasteiger partial charge on any atom is 0.411 e. The fourth-order valence-corrected chi connectivity index (χ4v) is 4.14. The van der Waals surface area contributed by atoms with E-state index in [1.807, 2.05) is 0 Å². The van der Waals surface area contributed by atoms with Gasteiger partial charge in [0.2, 0.25) is 5.91 Å². The lowest BCUT2D eigenvalue weighted by atomic mass is 10.00. The van der Waals surface area contributed by atoms with Gasteiger partial charge in [0, 0.05) is 16.9 Å². The summed E-state index contributed by atoms with van der Waals surface area (Å²) in [5, 5.41) is 15.4. The second-order valence-electron chi connectivity index (χ2n) is 8.47. The highest BCUT2D eigenvalue weighted by Crippen LogP contribution is 2.35. The molecule has 2 aliphatic heterocycles. The number of nitriles is 1. The minimum atomic E-state index is -2.88. The van der Waals surface area contributed by atoms with Gasteiger partial charge in [-0.15, -0.1) is 0 Å². The lowest BCUT2D eigenvalue weighted by Gasteiger charge is -2.40. The first kappa shape index (κ1) is 23.4. The number of methoxy groups -OCH3 is 1. The van der Waals surface area contributed by atoms with E-state index >= 15 is 0 Å². The van der Waals surface area contributed by atoms with Crippen LogP contribution in [-0.4, -0.2) is 59.0 Å². The largest absolute Gasteiger partial charge is 0.453 e. The van der Waals surface area contributed by atoms with Crippen LogP contribution in [-0.2, 0) is 9.53 Å². The highest BCUT2D eigenvalue weighted by Gasteiger charge is 2.47. The molecule has 0 saturated carbocycles. The third kappa shape index (κ3) is 4.79.